The van der Waals surface area contributed by atoms with Gasteiger partial charge in [0, 0.05) is 0 Å². The number of carbonyl (C=O) groups is 2. The first-order valence-electron chi connectivity index (χ1n) is 11.1. The van der Waals surface area contributed by atoms with E-state index in [1.807, 2.05) is 0 Å². The Labute approximate surface area is 193 Å². The number of rotatable bonds is 2. The molecule has 33 heavy (non-hydrogen) atoms. The van der Waals surface area contributed by atoms with Gasteiger partial charge in [0.25, 0.3) is 0 Å². The molecule has 0 aliphatic heterocycles. The summed E-state index contributed by atoms with van der Waals surface area (Å²) in [6.45, 7) is 2.81. The Hall–Kier alpha value is -4.04. The van der Waals surface area contributed by atoms with Crippen LogP contribution < -0.4 is 0 Å². The molecule has 0 aliphatic rings. The summed E-state index contributed by atoms with van der Waals surface area (Å²) in [5, 5.41) is 10.8. The van der Waals surface area contributed by atoms with Gasteiger partial charge in [-0.15, -0.1) is 0 Å². The van der Waals surface area contributed by atoms with E-state index in [1.54, 1.807) is 0 Å². The fourth-order valence-corrected chi connectivity index (χ4v) is 4.15. The zero-order valence-electron chi connectivity index (χ0n) is 18.9. The normalized spacial score (nSPS) is 10.5. The molecule has 0 aliphatic carbocycles. The van der Waals surface area contributed by atoms with E-state index in [9.17, 15) is 9.59 Å². The summed E-state index contributed by atoms with van der Waals surface area (Å²) in [5.74, 6) is -0.125. The molecule has 6 aromatic carbocycles. The van der Waals surface area contributed by atoms with Crippen molar-refractivity contribution in [2.75, 3.05) is 0 Å². The van der Waals surface area contributed by atoms with Crippen molar-refractivity contribution in [3.8, 4) is 0 Å². The highest BCUT2D eigenvalue weighted by Crippen LogP contribution is 2.33. The average molecular weight is 431 g/mol. The van der Waals surface area contributed by atoms with E-state index in [4.69, 9.17) is 0 Å². The van der Waals surface area contributed by atoms with Gasteiger partial charge in [0.1, 0.15) is 11.6 Å². The zero-order valence-corrected chi connectivity index (χ0v) is 18.9. The summed E-state index contributed by atoms with van der Waals surface area (Å²) >= 11 is 0. The largest absolute Gasteiger partial charge is 0.300 e. The van der Waals surface area contributed by atoms with Crippen molar-refractivity contribution in [2.24, 2.45) is 0 Å². The Kier molecular flexibility index (Phi) is 6.75. The quantitative estimate of drug-likeness (QED) is 0.206. The van der Waals surface area contributed by atoms with Crippen LogP contribution in [0.1, 0.15) is 20.3 Å². The zero-order chi connectivity index (χ0) is 23.2. The van der Waals surface area contributed by atoms with E-state index < -0.39 is 0 Å². The molecule has 6 aromatic rings. The highest BCUT2D eigenvalue weighted by Gasteiger charge is 2.06. The first-order valence-corrected chi connectivity index (χ1v) is 11.1. The van der Waals surface area contributed by atoms with E-state index in [-0.39, 0.29) is 18.0 Å². The Morgan fingerprint density at radius 1 is 0.424 bits per heavy atom. The molecular formula is C31H26O2. The molecule has 0 aromatic heterocycles. The van der Waals surface area contributed by atoms with Crippen molar-refractivity contribution in [2.45, 2.75) is 20.3 Å². The Balaban J connectivity index is 0.000000132. The number of fused-ring (bicyclic) bond motifs is 1. The van der Waals surface area contributed by atoms with Crippen molar-refractivity contribution in [3.05, 3.63) is 109 Å². The van der Waals surface area contributed by atoms with Crippen molar-refractivity contribution >= 4 is 54.7 Å². The molecule has 2 nitrogen and oxygen atoms in total. The van der Waals surface area contributed by atoms with Crippen molar-refractivity contribution in [1.82, 2.24) is 0 Å². The Morgan fingerprint density at radius 3 is 0.939 bits per heavy atom. The van der Waals surface area contributed by atoms with E-state index in [0.717, 1.165) is 0 Å². The van der Waals surface area contributed by atoms with Crippen molar-refractivity contribution < 1.29 is 9.59 Å². The van der Waals surface area contributed by atoms with Gasteiger partial charge in [-0.1, -0.05) is 109 Å². The van der Waals surface area contributed by atoms with Crippen LogP contribution in [0.4, 0.5) is 0 Å². The molecule has 162 valence electrons. The topological polar surface area (TPSA) is 34.1 Å². The predicted octanol–water partition coefficient (Wildman–Crippen LogP) is 7.98. The fraction of sp³-hybridized carbons (Fsp3) is 0.0968. The van der Waals surface area contributed by atoms with Gasteiger partial charge in [0.05, 0.1) is 6.42 Å². The second kappa shape index (κ2) is 10.1. The summed E-state index contributed by atoms with van der Waals surface area (Å²) in [6.07, 6.45) is 0.0833. The lowest BCUT2D eigenvalue weighted by molar-refractivity contribution is -0.124. The van der Waals surface area contributed by atoms with Crippen LogP contribution in [0.2, 0.25) is 0 Å². The highest BCUT2D eigenvalue weighted by atomic mass is 16.1. The maximum absolute atomic E-state index is 10.0. The fourth-order valence-electron chi connectivity index (χ4n) is 4.15. The highest BCUT2D eigenvalue weighted by molar-refractivity contribution is 6.22. The van der Waals surface area contributed by atoms with Gasteiger partial charge in [-0.25, -0.2) is 0 Å². The second-order valence-corrected chi connectivity index (χ2v) is 8.22. The van der Waals surface area contributed by atoms with Crippen LogP contribution in [0.15, 0.2) is 109 Å². The first kappa shape index (κ1) is 22.2. The van der Waals surface area contributed by atoms with Crippen LogP contribution in [-0.4, -0.2) is 11.6 Å². The minimum absolute atomic E-state index is 0.0625. The van der Waals surface area contributed by atoms with Gasteiger partial charge in [-0.3, -0.25) is 9.59 Å². The number of ketones is 2. The van der Waals surface area contributed by atoms with E-state index in [2.05, 4.69) is 109 Å². The maximum atomic E-state index is 10.0. The minimum atomic E-state index is -0.0625. The molecule has 0 radical (unpaired) electrons. The van der Waals surface area contributed by atoms with Gasteiger partial charge in [-0.05, 0) is 56.9 Å². The van der Waals surface area contributed by atoms with Gasteiger partial charge >= 0.3 is 0 Å². The molecule has 0 N–H and O–H groups in total. The molecule has 0 amide bonds. The predicted molar refractivity (Wildman–Crippen MR) is 140 cm³/mol. The van der Waals surface area contributed by atoms with Crippen LogP contribution >= 0.6 is 0 Å². The van der Waals surface area contributed by atoms with Crippen LogP contribution in [0, 0.1) is 0 Å². The number of Topliss-reactive ketones (excluding diaryl/α,β-unsaturated/α-hetero) is 2. The van der Waals surface area contributed by atoms with Gasteiger partial charge in [-0.2, -0.15) is 0 Å². The maximum Gasteiger partial charge on any atom is 0.137 e. The van der Waals surface area contributed by atoms with Crippen LogP contribution in [-0.2, 0) is 9.59 Å². The third kappa shape index (κ3) is 5.24. The van der Waals surface area contributed by atoms with Gasteiger partial charge < -0.3 is 0 Å². The van der Waals surface area contributed by atoms with Crippen LogP contribution in [0.25, 0.3) is 43.1 Å². The lowest BCUT2D eigenvalue weighted by atomic mass is 9.95. The number of carbonyl (C=O) groups excluding carboxylic acids is 2. The smallest absolute Gasteiger partial charge is 0.137 e. The van der Waals surface area contributed by atoms with E-state index in [0.29, 0.717) is 0 Å². The minimum Gasteiger partial charge on any atom is -0.300 e. The number of benzene rings is 6. The SMILES string of the molecule is CC(=O)CC(C)=O.c1cc2ccc3cccc4ccc(c1)c2c34.c1ccc2ccccc2c1. The third-order valence-electron chi connectivity index (χ3n) is 5.55. The second-order valence-electron chi connectivity index (χ2n) is 8.22. The Bertz CT molecular complexity index is 1340. The molecule has 0 atom stereocenters. The number of hydrogen-bond donors (Lipinski definition) is 0. The summed E-state index contributed by atoms with van der Waals surface area (Å²) in [5.41, 5.74) is 0. The standard InChI is InChI=1S/C16H10.C10H8.C5H8O2/c1-3-11-7-9-13-5-2-6-14-10-8-12(4-1)15(11)16(13)14;1-2-6-10-8-4-3-7-9(10)5-1;1-4(6)3-5(2)7/h1-10H;1-8H;3H2,1-2H3. The lowest BCUT2D eigenvalue weighted by Crippen LogP contribution is -1.97. The lowest BCUT2D eigenvalue weighted by Gasteiger charge is -2.09. The molecule has 0 fully saturated rings. The molecule has 0 saturated heterocycles. The van der Waals surface area contributed by atoms with Crippen molar-refractivity contribution in [1.29, 1.82) is 0 Å². The van der Waals surface area contributed by atoms with E-state index in [1.165, 1.54) is 56.9 Å². The summed E-state index contributed by atoms with van der Waals surface area (Å²) in [6, 6.07) is 38.6. The summed E-state index contributed by atoms with van der Waals surface area (Å²) in [7, 11) is 0. The van der Waals surface area contributed by atoms with E-state index >= 15 is 0 Å². The van der Waals surface area contributed by atoms with Crippen molar-refractivity contribution in [3.63, 3.8) is 0 Å². The summed E-state index contributed by atoms with van der Waals surface area (Å²) in [4.78, 5) is 20.1. The van der Waals surface area contributed by atoms with Gasteiger partial charge in [0.15, 0.2) is 0 Å². The molecule has 0 bridgehead atoms. The Morgan fingerprint density at radius 2 is 0.697 bits per heavy atom. The molecule has 2 heteroatoms. The number of hydrogen-bond acceptors (Lipinski definition) is 2. The van der Waals surface area contributed by atoms with Crippen LogP contribution in [0.3, 0.4) is 0 Å². The third-order valence-corrected chi connectivity index (χ3v) is 5.55. The molecule has 6 rings (SSSR count). The average Bonchev–Trinajstić information content (AvgIpc) is 2.83. The monoisotopic (exact) mass is 430 g/mol. The summed E-state index contributed by atoms with van der Waals surface area (Å²) < 4.78 is 0. The van der Waals surface area contributed by atoms with Crippen LogP contribution in [0.5, 0.6) is 0 Å². The van der Waals surface area contributed by atoms with Gasteiger partial charge in [0.2, 0.25) is 0 Å². The molecule has 0 unspecified atom stereocenters. The molecule has 0 heterocycles. The molecular weight excluding hydrogens is 404 g/mol. The first-order chi connectivity index (χ1) is 16.0. The molecule has 0 saturated carbocycles. The molecule has 0 spiro atoms.